The Kier molecular flexibility index (Phi) is 6.17. The van der Waals surface area contributed by atoms with Gasteiger partial charge in [0, 0.05) is 0 Å². The molecule has 1 aliphatic carbocycles. The van der Waals surface area contributed by atoms with E-state index in [1.807, 2.05) is 30.3 Å². The molecule has 2 rings (SSSR count). The molecule has 0 unspecified atom stereocenters. The summed E-state index contributed by atoms with van der Waals surface area (Å²) in [6.07, 6.45) is 2.10. The first-order chi connectivity index (χ1) is 11.6. The Morgan fingerprint density at radius 3 is 2.42 bits per heavy atom. The highest BCUT2D eigenvalue weighted by atomic mass is 16.5. The van der Waals surface area contributed by atoms with Crippen LogP contribution >= 0.6 is 0 Å². The third kappa shape index (κ3) is 4.71. The minimum atomic E-state index is -0.971. The summed E-state index contributed by atoms with van der Waals surface area (Å²) in [5.41, 5.74) is -0.116. The quantitative estimate of drug-likeness (QED) is 0.769. The van der Waals surface area contributed by atoms with E-state index in [4.69, 9.17) is 9.47 Å². The SMILES string of the molecule is COC(=O)C1(NC(=O)CNC(=O)OCc2ccccc2)CCCC1. The summed E-state index contributed by atoms with van der Waals surface area (Å²) in [6.45, 7) is -0.132. The number of hydrogen-bond donors (Lipinski definition) is 2. The lowest BCUT2D eigenvalue weighted by atomic mass is 9.98. The Balaban J connectivity index is 1.76. The Morgan fingerprint density at radius 1 is 1.12 bits per heavy atom. The van der Waals surface area contributed by atoms with E-state index in [-0.39, 0.29) is 13.2 Å². The fourth-order valence-electron chi connectivity index (χ4n) is 2.79. The predicted molar refractivity (Wildman–Crippen MR) is 86.0 cm³/mol. The normalized spacial score (nSPS) is 15.4. The third-order valence-electron chi connectivity index (χ3n) is 4.02. The van der Waals surface area contributed by atoms with Gasteiger partial charge in [-0.3, -0.25) is 4.79 Å². The van der Waals surface area contributed by atoms with Gasteiger partial charge in [0.2, 0.25) is 5.91 Å². The molecule has 1 fully saturated rings. The molecule has 0 bridgehead atoms. The molecule has 0 saturated heterocycles. The van der Waals surface area contributed by atoms with Gasteiger partial charge in [-0.2, -0.15) is 0 Å². The number of carbonyl (C=O) groups excluding carboxylic acids is 3. The molecule has 0 atom stereocenters. The summed E-state index contributed by atoms with van der Waals surface area (Å²) < 4.78 is 9.81. The first-order valence-electron chi connectivity index (χ1n) is 7.90. The number of amides is 2. The van der Waals surface area contributed by atoms with E-state index in [2.05, 4.69) is 10.6 Å². The van der Waals surface area contributed by atoms with Crippen LogP contribution in [0.2, 0.25) is 0 Å². The van der Waals surface area contributed by atoms with Crippen LogP contribution in [0.15, 0.2) is 30.3 Å². The van der Waals surface area contributed by atoms with E-state index in [9.17, 15) is 14.4 Å². The van der Waals surface area contributed by atoms with E-state index in [0.717, 1.165) is 18.4 Å². The zero-order valence-corrected chi connectivity index (χ0v) is 13.7. The maximum Gasteiger partial charge on any atom is 0.407 e. The molecule has 2 N–H and O–H groups in total. The van der Waals surface area contributed by atoms with E-state index in [1.54, 1.807) is 0 Å². The van der Waals surface area contributed by atoms with E-state index in [1.165, 1.54) is 7.11 Å². The van der Waals surface area contributed by atoms with Gasteiger partial charge in [-0.25, -0.2) is 9.59 Å². The van der Waals surface area contributed by atoms with Crippen LogP contribution in [0.25, 0.3) is 0 Å². The smallest absolute Gasteiger partial charge is 0.407 e. The molecule has 1 aromatic carbocycles. The predicted octanol–water partition coefficient (Wildman–Crippen LogP) is 1.51. The van der Waals surface area contributed by atoms with Crippen LogP contribution in [0.4, 0.5) is 4.79 Å². The number of rotatable bonds is 6. The number of alkyl carbamates (subject to hydrolysis) is 1. The first kappa shape index (κ1) is 17.8. The van der Waals surface area contributed by atoms with Gasteiger partial charge in [0.1, 0.15) is 18.7 Å². The molecule has 0 aliphatic heterocycles. The van der Waals surface area contributed by atoms with E-state index < -0.39 is 23.5 Å². The lowest BCUT2D eigenvalue weighted by molar-refractivity contribution is -0.150. The molecule has 7 heteroatoms. The monoisotopic (exact) mass is 334 g/mol. The highest BCUT2D eigenvalue weighted by Gasteiger charge is 2.43. The Bertz CT molecular complexity index is 582. The molecule has 0 heterocycles. The summed E-state index contributed by atoms with van der Waals surface area (Å²) in [6, 6.07) is 9.23. The second kappa shape index (κ2) is 8.33. The van der Waals surface area contributed by atoms with Crippen molar-refractivity contribution in [2.45, 2.75) is 37.8 Å². The standard InChI is InChI=1S/C17H22N2O5/c1-23-15(21)17(9-5-6-10-17)19-14(20)11-18-16(22)24-12-13-7-3-2-4-8-13/h2-4,7-8H,5-6,9-12H2,1H3,(H,18,22)(H,19,20). The van der Waals surface area contributed by atoms with Gasteiger partial charge in [-0.05, 0) is 18.4 Å². The van der Waals surface area contributed by atoms with E-state index in [0.29, 0.717) is 12.8 Å². The van der Waals surface area contributed by atoms with Crippen LogP contribution in [0.3, 0.4) is 0 Å². The minimum Gasteiger partial charge on any atom is -0.467 e. The maximum atomic E-state index is 12.0. The highest BCUT2D eigenvalue weighted by Crippen LogP contribution is 2.30. The average molecular weight is 334 g/mol. The minimum absolute atomic E-state index is 0.125. The van der Waals surface area contributed by atoms with Gasteiger partial charge in [0.15, 0.2) is 0 Å². The van der Waals surface area contributed by atoms with Crippen LogP contribution in [-0.2, 0) is 25.7 Å². The Morgan fingerprint density at radius 2 is 1.79 bits per heavy atom. The number of esters is 1. The van der Waals surface area contributed by atoms with Crippen LogP contribution in [0.5, 0.6) is 0 Å². The van der Waals surface area contributed by atoms with E-state index >= 15 is 0 Å². The van der Waals surface area contributed by atoms with Crippen molar-refractivity contribution >= 4 is 18.0 Å². The summed E-state index contributed by atoms with van der Waals surface area (Å²) in [7, 11) is 1.30. The molecule has 1 aromatic rings. The number of hydrogen-bond acceptors (Lipinski definition) is 5. The van der Waals surface area contributed by atoms with Crippen LogP contribution in [-0.4, -0.2) is 37.2 Å². The number of nitrogens with one attached hydrogen (secondary N) is 2. The van der Waals surface area contributed by atoms with Gasteiger partial charge < -0.3 is 20.1 Å². The van der Waals surface area contributed by atoms with Gasteiger partial charge in [-0.15, -0.1) is 0 Å². The molecule has 130 valence electrons. The molecular weight excluding hydrogens is 312 g/mol. The molecule has 0 radical (unpaired) electrons. The largest absolute Gasteiger partial charge is 0.467 e. The van der Waals surface area contributed by atoms with Crippen LogP contribution in [0.1, 0.15) is 31.2 Å². The van der Waals surface area contributed by atoms with Crippen molar-refractivity contribution in [1.82, 2.24) is 10.6 Å². The molecule has 0 spiro atoms. The summed E-state index contributed by atoms with van der Waals surface area (Å²) in [5, 5.41) is 5.06. The lowest BCUT2D eigenvalue weighted by Gasteiger charge is -2.27. The fourth-order valence-corrected chi connectivity index (χ4v) is 2.79. The third-order valence-corrected chi connectivity index (χ3v) is 4.02. The molecule has 1 aliphatic rings. The molecule has 24 heavy (non-hydrogen) atoms. The van der Waals surface area contributed by atoms with Crippen LogP contribution < -0.4 is 10.6 Å². The van der Waals surface area contributed by atoms with Crippen molar-refractivity contribution in [3.05, 3.63) is 35.9 Å². The first-order valence-corrected chi connectivity index (χ1v) is 7.90. The number of carbonyl (C=O) groups is 3. The summed E-state index contributed by atoms with van der Waals surface area (Å²) in [4.78, 5) is 35.6. The van der Waals surface area contributed by atoms with Crippen molar-refractivity contribution in [1.29, 1.82) is 0 Å². The van der Waals surface area contributed by atoms with Gasteiger partial charge in [0.05, 0.1) is 7.11 Å². The fraction of sp³-hybridized carbons (Fsp3) is 0.471. The Hall–Kier alpha value is -2.57. The number of ether oxygens (including phenoxy) is 2. The van der Waals surface area contributed by atoms with Crippen molar-refractivity contribution in [3.63, 3.8) is 0 Å². The highest BCUT2D eigenvalue weighted by molar-refractivity contribution is 5.90. The Labute approximate surface area is 140 Å². The van der Waals surface area contributed by atoms with Gasteiger partial charge >= 0.3 is 12.1 Å². The van der Waals surface area contributed by atoms with Crippen molar-refractivity contribution < 1.29 is 23.9 Å². The number of benzene rings is 1. The topological polar surface area (TPSA) is 93.7 Å². The summed E-state index contributed by atoms with van der Waals surface area (Å²) >= 11 is 0. The van der Waals surface area contributed by atoms with Crippen molar-refractivity contribution in [2.24, 2.45) is 0 Å². The zero-order chi connectivity index (χ0) is 17.4. The molecule has 7 nitrogen and oxygen atoms in total. The van der Waals surface area contributed by atoms with Gasteiger partial charge in [-0.1, -0.05) is 43.2 Å². The van der Waals surface area contributed by atoms with Crippen LogP contribution in [0, 0.1) is 0 Å². The lowest BCUT2D eigenvalue weighted by Crippen LogP contribution is -2.55. The maximum absolute atomic E-state index is 12.0. The molecular formula is C17H22N2O5. The second-order valence-electron chi connectivity index (χ2n) is 5.74. The zero-order valence-electron chi connectivity index (χ0n) is 13.7. The molecule has 0 aromatic heterocycles. The average Bonchev–Trinajstić information content (AvgIpc) is 3.08. The van der Waals surface area contributed by atoms with Gasteiger partial charge in [0.25, 0.3) is 0 Å². The summed E-state index contributed by atoms with van der Waals surface area (Å²) in [5.74, 6) is -0.890. The molecule has 1 saturated carbocycles. The molecule has 2 amide bonds. The second-order valence-corrected chi connectivity index (χ2v) is 5.74. The van der Waals surface area contributed by atoms with Crippen molar-refractivity contribution in [2.75, 3.05) is 13.7 Å². The van der Waals surface area contributed by atoms with Crippen molar-refractivity contribution in [3.8, 4) is 0 Å². The number of methoxy groups -OCH3 is 1.